The maximum absolute atomic E-state index is 13.0. The van der Waals surface area contributed by atoms with E-state index in [1.165, 1.54) is 24.3 Å². The normalized spacial score (nSPS) is 10.4. The summed E-state index contributed by atoms with van der Waals surface area (Å²) in [5.74, 6) is -0.449. The maximum Gasteiger partial charge on any atom is 0.254 e. The third-order valence-corrected chi connectivity index (χ3v) is 3.23. The predicted molar refractivity (Wildman–Crippen MR) is 81.3 cm³/mol. The summed E-state index contributed by atoms with van der Waals surface area (Å²) in [4.78, 5) is 14.3. The van der Waals surface area contributed by atoms with E-state index in [1.54, 1.807) is 4.90 Å². The summed E-state index contributed by atoms with van der Waals surface area (Å²) in [6.07, 6.45) is 0.736. The molecule has 0 spiro atoms. The van der Waals surface area contributed by atoms with Crippen molar-refractivity contribution in [3.05, 3.63) is 71.5 Å². The highest BCUT2D eigenvalue weighted by Crippen LogP contribution is 2.11. The Kier molecular flexibility index (Phi) is 5.46. The molecule has 0 saturated heterocycles. The second-order valence-electron chi connectivity index (χ2n) is 4.86. The molecular weight excluding hydrogens is 267 g/mol. The molecule has 0 heterocycles. The van der Waals surface area contributed by atoms with E-state index >= 15 is 0 Å². The molecule has 2 aromatic carbocycles. The summed E-state index contributed by atoms with van der Waals surface area (Å²) in [6.45, 7) is 1.64. The van der Waals surface area contributed by atoms with Crippen molar-refractivity contribution in [2.24, 2.45) is 5.73 Å². The number of hydrogen-bond acceptors (Lipinski definition) is 2. The van der Waals surface area contributed by atoms with E-state index < -0.39 is 0 Å². The Morgan fingerprint density at radius 2 is 1.71 bits per heavy atom. The van der Waals surface area contributed by atoms with Gasteiger partial charge in [-0.15, -0.1) is 0 Å². The van der Waals surface area contributed by atoms with Gasteiger partial charge in [-0.2, -0.15) is 0 Å². The average Bonchev–Trinajstić information content (AvgIpc) is 2.52. The van der Waals surface area contributed by atoms with E-state index in [1.807, 2.05) is 30.3 Å². The Morgan fingerprint density at radius 1 is 1.05 bits per heavy atom. The number of rotatable bonds is 6. The fraction of sp³-hybridized carbons (Fsp3) is 0.235. The van der Waals surface area contributed by atoms with Crippen molar-refractivity contribution < 1.29 is 9.18 Å². The standard InChI is InChI=1S/C17H19FN2O/c18-16-9-7-15(8-10-16)17(21)20(12-4-11-19)13-14-5-2-1-3-6-14/h1-3,5-10H,4,11-13,19H2. The van der Waals surface area contributed by atoms with Gasteiger partial charge in [0.05, 0.1) is 0 Å². The molecule has 0 aliphatic rings. The van der Waals surface area contributed by atoms with Crippen molar-refractivity contribution >= 4 is 5.91 Å². The molecule has 0 fully saturated rings. The molecule has 0 radical (unpaired) electrons. The van der Waals surface area contributed by atoms with Gasteiger partial charge >= 0.3 is 0 Å². The fourth-order valence-electron chi connectivity index (χ4n) is 2.11. The number of nitrogens with zero attached hydrogens (tertiary/aromatic N) is 1. The van der Waals surface area contributed by atoms with Crippen molar-refractivity contribution in [1.29, 1.82) is 0 Å². The molecule has 0 unspecified atom stereocenters. The molecule has 0 saturated carbocycles. The van der Waals surface area contributed by atoms with Crippen LogP contribution in [0.5, 0.6) is 0 Å². The van der Waals surface area contributed by atoms with Crippen LogP contribution in [0, 0.1) is 5.82 Å². The van der Waals surface area contributed by atoms with E-state index in [0.29, 0.717) is 25.2 Å². The zero-order valence-corrected chi connectivity index (χ0v) is 11.8. The number of carbonyl (C=O) groups excluding carboxylic acids is 1. The molecule has 0 bridgehead atoms. The van der Waals surface area contributed by atoms with Gasteiger partial charge in [0, 0.05) is 18.7 Å². The molecule has 0 atom stereocenters. The van der Waals surface area contributed by atoms with E-state index in [-0.39, 0.29) is 11.7 Å². The van der Waals surface area contributed by atoms with Gasteiger partial charge in [-0.25, -0.2) is 4.39 Å². The zero-order chi connectivity index (χ0) is 15.1. The minimum Gasteiger partial charge on any atom is -0.334 e. The first-order valence-electron chi connectivity index (χ1n) is 6.99. The highest BCUT2D eigenvalue weighted by molar-refractivity contribution is 5.94. The average molecular weight is 286 g/mol. The van der Waals surface area contributed by atoms with Crippen LogP contribution in [0.3, 0.4) is 0 Å². The summed E-state index contributed by atoms with van der Waals surface area (Å²) in [6, 6.07) is 15.4. The summed E-state index contributed by atoms with van der Waals surface area (Å²) < 4.78 is 13.0. The van der Waals surface area contributed by atoms with Gasteiger partial charge < -0.3 is 10.6 Å². The molecule has 0 aliphatic carbocycles. The van der Waals surface area contributed by atoms with Crippen molar-refractivity contribution in [2.75, 3.05) is 13.1 Å². The molecule has 4 heteroatoms. The van der Waals surface area contributed by atoms with Crippen molar-refractivity contribution in [3.8, 4) is 0 Å². The van der Waals surface area contributed by atoms with Gasteiger partial charge in [0.25, 0.3) is 5.91 Å². The van der Waals surface area contributed by atoms with Crippen LogP contribution in [0.4, 0.5) is 4.39 Å². The predicted octanol–water partition coefficient (Wildman–Crippen LogP) is 2.82. The molecule has 3 nitrogen and oxygen atoms in total. The van der Waals surface area contributed by atoms with Crippen molar-refractivity contribution in [3.63, 3.8) is 0 Å². The van der Waals surface area contributed by atoms with Crippen LogP contribution in [0.15, 0.2) is 54.6 Å². The number of nitrogens with two attached hydrogens (primary N) is 1. The highest BCUT2D eigenvalue weighted by atomic mass is 19.1. The van der Waals surface area contributed by atoms with Crippen molar-refractivity contribution in [2.45, 2.75) is 13.0 Å². The van der Waals surface area contributed by atoms with Crippen LogP contribution >= 0.6 is 0 Å². The molecule has 2 aromatic rings. The lowest BCUT2D eigenvalue weighted by atomic mass is 10.1. The van der Waals surface area contributed by atoms with Crippen molar-refractivity contribution in [1.82, 2.24) is 4.90 Å². The molecule has 110 valence electrons. The van der Waals surface area contributed by atoms with Crippen LogP contribution in [0.25, 0.3) is 0 Å². The lowest BCUT2D eigenvalue weighted by Gasteiger charge is -2.23. The number of benzene rings is 2. The fourth-order valence-corrected chi connectivity index (χ4v) is 2.11. The molecule has 2 N–H and O–H groups in total. The summed E-state index contributed by atoms with van der Waals surface area (Å²) in [5.41, 5.74) is 7.09. The second kappa shape index (κ2) is 7.55. The summed E-state index contributed by atoms with van der Waals surface area (Å²) in [7, 11) is 0. The number of hydrogen-bond donors (Lipinski definition) is 1. The third-order valence-electron chi connectivity index (χ3n) is 3.23. The summed E-state index contributed by atoms with van der Waals surface area (Å²) in [5, 5.41) is 0. The Bertz CT molecular complexity index is 569. The first-order valence-corrected chi connectivity index (χ1v) is 6.99. The number of amides is 1. The molecular formula is C17H19FN2O. The molecule has 0 aromatic heterocycles. The largest absolute Gasteiger partial charge is 0.334 e. The number of carbonyl (C=O) groups is 1. The van der Waals surface area contributed by atoms with Crippen LogP contribution < -0.4 is 5.73 Å². The topological polar surface area (TPSA) is 46.3 Å². The first-order chi connectivity index (χ1) is 10.2. The van der Waals surface area contributed by atoms with Gasteiger partial charge in [-0.1, -0.05) is 30.3 Å². The van der Waals surface area contributed by atoms with Gasteiger partial charge in [0.2, 0.25) is 0 Å². The van der Waals surface area contributed by atoms with Gasteiger partial charge in [-0.05, 0) is 42.8 Å². The SMILES string of the molecule is NCCCN(Cc1ccccc1)C(=O)c1ccc(F)cc1. The van der Waals surface area contributed by atoms with Gasteiger partial charge in [-0.3, -0.25) is 4.79 Å². The van der Waals surface area contributed by atoms with E-state index in [0.717, 1.165) is 12.0 Å². The van der Waals surface area contributed by atoms with Crippen LogP contribution in [-0.4, -0.2) is 23.9 Å². The van der Waals surface area contributed by atoms with E-state index in [2.05, 4.69) is 0 Å². The molecule has 21 heavy (non-hydrogen) atoms. The lowest BCUT2D eigenvalue weighted by molar-refractivity contribution is 0.0742. The maximum atomic E-state index is 13.0. The third kappa shape index (κ3) is 4.39. The Balaban J connectivity index is 2.14. The smallest absolute Gasteiger partial charge is 0.254 e. The number of halogens is 1. The molecule has 1 amide bonds. The Hall–Kier alpha value is -2.20. The first kappa shape index (κ1) is 15.2. The van der Waals surface area contributed by atoms with E-state index in [4.69, 9.17) is 5.73 Å². The monoisotopic (exact) mass is 286 g/mol. The minimum atomic E-state index is -0.344. The quantitative estimate of drug-likeness (QED) is 0.887. The van der Waals surface area contributed by atoms with Gasteiger partial charge in [0.15, 0.2) is 0 Å². The van der Waals surface area contributed by atoms with Crippen LogP contribution in [0.2, 0.25) is 0 Å². The lowest BCUT2D eigenvalue weighted by Crippen LogP contribution is -2.32. The minimum absolute atomic E-state index is 0.104. The van der Waals surface area contributed by atoms with Gasteiger partial charge in [0.1, 0.15) is 5.82 Å². The zero-order valence-electron chi connectivity index (χ0n) is 11.8. The molecule has 2 rings (SSSR count). The Morgan fingerprint density at radius 3 is 2.33 bits per heavy atom. The van der Waals surface area contributed by atoms with Crippen LogP contribution in [-0.2, 0) is 6.54 Å². The van der Waals surface area contributed by atoms with Crippen LogP contribution in [0.1, 0.15) is 22.3 Å². The highest BCUT2D eigenvalue weighted by Gasteiger charge is 2.15. The Labute approximate surface area is 124 Å². The molecule has 0 aliphatic heterocycles. The van der Waals surface area contributed by atoms with E-state index in [9.17, 15) is 9.18 Å². The second-order valence-corrected chi connectivity index (χ2v) is 4.86. The summed E-state index contributed by atoms with van der Waals surface area (Å²) >= 11 is 0.